The summed E-state index contributed by atoms with van der Waals surface area (Å²) < 4.78 is 5.19. The van der Waals surface area contributed by atoms with Crippen molar-refractivity contribution in [2.45, 2.75) is 6.92 Å². The monoisotopic (exact) mass is 257 g/mol. The van der Waals surface area contributed by atoms with Crippen LogP contribution in [0.4, 0.5) is 11.5 Å². The average Bonchev–Trinajstić information content (AvgIpc) is 2.42. The van der Waals surface area contributed by atoms with Gasteiger partial charge in [-0.05, 0) is 36.8 Å². The molecule has 1 heterocycles. The van der Waals surface area contributed by atoms with Crippen LogP contribution in [0.15, 0.2) is 36.5 Å². The van der Waals surface area contributed by atoms with E-state index in [9.17, 15) is 4.79 Å². The number of nitrogens with one attached hydrogen (secondary N) is 1. The zero-order valence-electron chi connectivity index (χ0n) is 10.8. The van der Waals surface area contributed by atoms with Gasteiger partial charge in [-0.15, -0.1) is 0 Å². The quantitative estimate of drug-likeness (QED) is 0.884. The van der Waals surface area contributed by atoms with Crippen LogP contribution >= 0.6 is 0 Å². The van der Waals surface area contributed by atoms with E-state index in [1.54, 1.807) is 31.4 Å². The number of carbonyl (C=O) groups is 1. The maximum absolute atomic E-state index is 12.0. The Hall–Kier alpha value is -2.56. The number of hydrogen-bond donors (Lipinski definition) is 2. The van der Waals surface area contributed by atoms with Crippen LogP contribution in [0.1, 0.15) is 15.9 Å². The van der Waals surface area contributed by atoms with Crippen molar-refractivity contribution in [3.8, 4) is 5.75 Å². The lowest BCUT2D eigenvalue weighted by atomic mass is 10.1. The van der Waals surface area contributed by atoms with Crippen molar-refractivity contribution < 1.29 is 9.53 Å². The Morgan fingerprint density at radius 1 is 1.32 bits per heavy atom. The Morgan fingerprint density at radius 2 is 2.11 bits per heavy atom. The van der Waals surface area contributed by atoms with Crippen molar-refractivity contribution in [3.63, 3.8) is 0 Å². The molecule has 1 amide bonds. The zero-order chi connectivity index (χ0) is 13.8. The third kappa shape index (κ3) is 3.01. The van der Waals surface area contributed by atoms with Gasteiger partial charge in [0.1, 0.15) is 11.6 Å². The van der Waals surface area contributed by atoms with Crippen LogP contribution in [0.3, 0.4) is 0 Å². The van der Waals surface area contributed by atoms with Gasteiger partial charge in [-0.1, -0.05) is 6.07 Å². The zero-order valence-corrected chi connectivity index (χ0v) is 10.8. The van der Waals surface area contributed by atoms with E-state index in [0.29, 0.717) is 22.8 Å². The highest BCUT2D eigenvalue weighted by molar-refractivity contribution is 6.04. The summed E-state index contributed by atoms with van der Waals surface area (Å²) in [5, 5.41) is 2.70. The number of nitrogens with zero attached hydrogens (tertiary/aromatic N) is 1. The van der Waals surface area contributed by atoms with Crippen LogP contribution in [0.5, 0.6) is 5.75 Å². The van der Waals surface area contributed by atoms with Gasteiger partial charge in [0, 0.05) is 5.56 Å². The second-order valence-electron chi connectivity index (χ2n) is 4.12. The molecule has 0 radical (unpaired) electrons. The second-order valence-corrected chi connectivity index (χ2v) is 4.12. The summed E-state index contributed by atoms with van der Waals surface area (Å²) in [5.74, 6) is 0.896. The summed E-state index contributed by atoms with van der Waals surface area (Å²) in [6.45, 7) is 1.92. The molecule has 0 unspecified atom stereocenters. The molecule has 2 rings (SSSR count). The summed E-state index contributed by atoms with van der Waals surface area (Å²) in [5.41, 5.74) is 7.57. The van der Waals surface area contributed by atoms with E-state index in [2.05, 4.69) is 10.3 Å². The van der Waals surface area contributed by atoms with E-state index in [4.69, 9.17) is 10.5 Å². The highest BCUT2D eigenvalue weighted by Gasteiger charge is 2.09. The lowest BCUT2D eigenvalue weighted by Gasteiger charge is -2.08. The predicted molar refractivity (Wildman–Crippen MR) is 74.3 cm³/mol. The van der Waals surface area contributed by atoms with Crippen LogP contribution in [0.2, 0.25) is 0 Å². The maximum atomic E-state index is 12.0. The fraction of sp³-hybridized carbons (Fsp3) is 0.143. The van der Waals surface area contributed by atoms with Crippen molar-refractivity contribution in [2.24, 2.45) is 0 Å². The molecule has 0 spiro atoms. The lowest BCUT2D eigenvalue weighted by Crippen LogP contribution is -2.13. The molecule has 98 valence electrons. The molecule has 0 saturated heterocycles. The Labute approximate surface area is 111 Å². The summed E-state index contributed by atoms with van der Waals surface area (Å²) in [4.78, 5) is 16.1. The van der Waals surface area contributed by atoms with Gasteiger partial charge in [0.25, 0.3) is 5.91 Å². The molecular formula is C14H15N3O2. The van der Waals surface area contributed by atoms with Gasteiger partial charge < -0.3 is 15.8 Å². The molecule has 0 aliphatic carbocycles. The van der Waals surface area contributed by atoms with E-state index in [-0.39, 0.29) is 5.91 Å². The van der Waals surface area contributed by atoms with Crippen molar-refractivity contribution in [3.05, 3.63) is 47.7 Å². The normalized spacial score (nSPS) is 10.0. The number of ether oxygens (including phenoxy) is 1. The van der Waals surface area contributed by atoms with Gasteiger partial charge in [-0.3, -0.25) is 4.79 Å². The van der Waals surface area contributed by atoms with Gasteiger partial charge in [-0.2, -0.15) is 0 Å². The number of nitrogens with two attached hydrogens (primary N) is 1. The van der Waals surface area contributed by atoms with Crippen LogP contribution in [0.25, 0.3) is 0 Å². The molecule has 1 aromatic heterocycles. The summed E-state index contributed by atoms with van der Waals surface area (Å²) in [6.07, 6.45) is 1.49. The Bertz CT molecular complexity index is 594. The third-order valence-electron chi connectivity index (χ3n) is 2.70. The summed E-state index contributed by atoms with van der Waals surface area (Å²) >= 11 is 0. The van der Waals surface area contributed by atoms with Crippen LogP contribution in [-0.4, -0.2) is 18.0 Å². The molecule has 0 bridgehead atoms. The molecule has 2 aromatic rings. The number of aryl methyl sites for hydroxylation is 1. The average molecular weight is 257 g/mol. The topological polar surface area (TPSA) is 77.2 Å². The molecule has 0 aliphatic heterocycles. The molecule has 0 aliphatic rings. The standard InChI is InChI=1S/C14H15N3O2/c1-9-3-4-10(7-12(9)19-2)14(18)17-13-6-5-11(15)8-16-13/h3-8H,15H2,1-2H3,(H,16,17,18). The SMILES string of the molecule is COc1cc(C(=O)Nc2ccc(N)cn2)ccc1C. The smallest absolute Gasteiger partial charge is 0.256 e. The fourth-order valence-corrected chi connectivity index (χ4v) is 1.63. The number of carbonyl (C=O) groups excluding carboxylic acids is 1. The number of anilines is 2. The van der Waals surface area contributed by atoms with Gasteiger partial charge in [-0.25, -0.2) is 4.98 Å². The number of amides is 1. The Kier molecular flexibility index (Phi) is 3.66. The largest absolute Gasteiger partial charge is 0.496 e. The number of hydrogen-bond acceptors (Lipinski definition) is 4. The number of benzene rings is 1. The number of rotatable bonds is 3. The first-order chi connectivity index (χ1) is 9.10. The van der Waals surface area contributed by atoms with Crippen LogP contribution < -0.4 is 15.8 Å². The summed E-state index contributed by atoms with van der Waals surface area (Å²) in [7, 11) is 1.57. The number of pyridine rings is 1. The minimum absolute atomic E-state index is 0.240. The molecule has 3 N–H and O–H groups in total. The Morgan fingerprint density at radius 3 is 2.74 bits per heavy atom. The molecule has 5 heteroatoms. The van der Waals surface area contributed by atoms with Crippen molar-refractivity contribution in [1.82, 2.24) is 4.98 Å². The number of methoxy groups -OCH3 is 1. The predicted octanol–water partition coefficient (Wildman–Crippen LogP) is 2.23. The second kappa shape index (κ2) is 5.39. The van der Waals surface area contributed by atoms with Crippen molar-refractivity contribution >= 4 is 17.4 Å². The van der Waals surface area contributed by atoms with Crippen LogP contribution in [-0.2, 0) is 0 Å². The molecule has 5 nitrogen and oxygen atoms in total. The highest BCUT2D eigenvalue weighted by Crippen LogP contribution is 2.19. The van der Waals surface area contributed by atoms with E-state index >= 15 is 0 Å². The van der Waals surface area contributed by atoms with E-state index in [1.165, 1.54) is 6.20 Å². The minimum atomic E-state index is -0.240. The van der Waals surface area contributed by atoms with Crippen molar-refractivity contribution in [1.29, 1.82) is 0 Å². The number of nitrogen functional groups attached to an aromatic ring is 1. The molecule has 19 heavy (non-hydrogen) atoms. The van der Waals surface area contributed by atoms with Gasteiger partial charge in [0.05, 0.1) is 19.0 Å². The fourth-order valence-electron chi connectivity index (χ4n) is 1.63. The molecule has 0 atom stereocenters. The van der Waals surface area contributed by atoms with E-state index in [1.807, 2.05) is 13.0 Å². The van der Waals surface area contributed by atoms with Gasteiger partial charge in [0.2, 0.25) is 0 Å². The van der Waals surface area contributed by atoms with E-state index in [0.717, 1.165) is 5.56 Å². The van der Waals surface area contributed by atoms with Gasteiger partial charge in [0.15, 0.2) is 0 Å². The molecule has 0 saturated carbocycles. The van der Waals surface area contributed by atoms with E-state index < -0.39 is 0 Å². The van der Waals surface area contributed by atoms with Crippen LogP contribution in [0, 0.1) is 6.92 Å². The first-order valence-electron chi connectivity index (χ1n) is 5.77. The summed E-state index contributed by atoms with van der Waals surface area (Å²) in [6, 6.07) is 8.60. The molecule has 1 aromatic carbocycles. The highest BCUT2D eigenvalue weighted by atomic mass is 16.5. The first-order valence-corrected chi connectivity index (χ1v) is 5.77. The Balaban J connectivity index is 2.18. The molecular weight excluding hydrogens is 242 g/mol. The lowest BCUT2D eigenvalue weighted by molar-refractivity contribution is 0.102. The molecule has 0 fully saturated rings. The van der Waals surface area contributed by atoms with Gasteiger partial charge >= 0.3 is 0 Å². The third-order valence-corrected chi connectivity index (χ3v) is 2.70. The first kappa shape index (κ1) is 12.9. The number of aromatic nitrogens is 1. The maximum Gasteiger partial charge on any atom is 0.256 e. The minimum Gasteiger partial charge on any atom is -0.496 e. The van der Waals surface area contributed by atoms with Crippen molar-refractivity contribution in [2.75, 3.05) is 18.2 Å².